The molecular weight excluding hydrogens is 805 g/mol. The van der Waals surface area contributed by atoms with Crippen LogP contribution in [0.15, 0.2) is 97.8 Å². The molecule has 14 nitrogen and oxygen atoms in total. The molecule has 0 radical (unpaired) electrons. The third-order valence-corrected chi connectivity index (χ3v) is 12.1. The topological polar surface area (TPSA) is 164 Å². The van der Waals surface area contributed by atoms with E-state index in [0.29, 0.717) is 23.0 Å². The molecule has 2 aliphatic rings. The summed E-state index contributed by atoms with van der Waals surface area (Å²) in [4.78, 5) is 18.6. The minimum absolute atomic E-state index is 0.227. The third-order valence-electron chi connectivity index (χ3n) is 12.1. The highest BCUT2D eigenvalue weighted by molar-refractivity contribution is 5.97. The van der Waals surface area contributed by atoms with Gasteiger partial charge < -0.3 is 29.6 Å². The van der Waals surface area contributed by atoms with Crippen LogP contribution in [0, 0.1) is 13.8 Å². The number of ether oxygens (including phenoxy) is 4. The Morgan fingerprint density at radius 2 is 0.938 bits per heavy atom. The summed E-state index contributed by atoms with van der Waals surface area (Å²) in [6.45, 7) is 4.15. The van der Waals surface area contributed by atoms with Crippen LogP contribution in [-0.4, -0.2) is 68.8 Å². The lowest BCUT2D eigenvalue weighted by Crippen LogP contribution is -2.19. The number of benzene rings is 2. The maximum absolute atomic E-state index is 5.49. The van der Waals surface area contributed by atoms with E-state index in [9.17, 15) is 0 Å². The van der Waals surface area contributed by atoms with Crippen molar-refractivity contribution < 1.29 is 18.9 Å². The van der Waals surface area contributed by atoms with E-state index in [0.717, 1.165) is 105 Å². The molecule has 14 heteroatoms. The molecule has 0 fully saturated rings. The number of nitrogens with one attached hydrogen (secondary N) is 2. The van der Waals surface area contributed by atoms with Gasteiger partial charge in [-0.2, -0.15) is 20.4 Å². The van der Waals surface area contributed by atoms with Crippen molar-refractivity contribution in [1.82, 2.24) is 40.3 Å². The number of methoxy groups -OCH3 is 4. The van der Waals surface area contributed by atoms with Crippen molar-refractivity contribution in [2.24, 2.45) is 0 Å². The molecule has 0 aliphatic heterocycles. The van der Waals surface area contributed by atoms with Crippen molar-refractivity contribution in [2.75, 3.05) is 39.1 Å². The molecule has 324 valence electrons. The van der Waals surface area contributed by atoms with Crippen molar-refractivity contribution in [3.8, 4) is 45.3 Å². The second-order valence-corrected chi connectivity index (χ2v) is 16.0. The Hall–Kier alpha value is -7.48. The molecular formula is C50H50N10O4. The van der Waals surface area contributed by atoms with Crippen LogP contribution in [0.3, 0.4) is 0 Å². The van der Waals surface area contributed by atoms with Crippen LogP contribution in [0.4, 0.5) is 11.6 Å². The van der Waals surface area contributed by atoms with Crippen LogP contribution in [0.2, 0.25) is 0 Å². The SMILES string of the molecule is COc1cc2nncc(-c3cnc(N[C@@H]4CCCc5ncccc54)c(C)c3)c2cc1OC.COc1cc2nncc(-c3cnc(N[C@H]4CCCc5ncccc54)c(C)c3)c2cc1OC. The van der Waals surface area contributed by atoms with Crippen LogP contribution in [-0.2, 0) is 12.8 Å². The van der Waals surface area contributed by atoms with Gasteiger partial charge in [-0.25, -0.2) is 9.97 Å². The Kier molecular flexibility index (Phi) is 12.1. The van der Waals surface area contributed by atoms with Gasteiger partial charge in [0.25, 0.3) is 0 Å². The number of hydrogen-bond acceptors (Lipinski definition) is 14. The second kappa shape index (κ2) is 18.5. The number of rotatable bonds is 10. The van der Waals surface area contributed by atoms with Gasteiger partial charge in [-0.1, -0.05) is 12.1 Å². The summed E-state index contributed by atoms with van der Waals surface area (Å²) in [5.41, 5.74) is 12.4. The van der Waals surface area contributed by atoms with Crippen LogP contribution >= 0.6 is 0 Å². The zero-order valence-corrected chi connectivity index (χ0v) is 36.8. The Balaban J connectivity index is 0.000000162. The number of aryl methyl sites for hydroxylation is 4. The Morgan fingerprint density at radius 3 is 1.34 bits per heavy atom. The fraction of sp³-hybridized carbons (Fsp3) is 0.280. The predicted molar refractivity (Wildman–Crippen MR) is 248 cm³/mol. The van der Waals surface area contributed by atoms with Gasteiger partial charge in [0, 0.05) is 81.3 Å². The number of anilines is 2. The molecule has 0 bridgehead atoms. The first-order valence-electron chi connectivity index (χ1n) is 21.4. The monoisotopic (exact) mass is 854 g/mol. The minimum atomic E-state index is 0.227. The van der Waals surface area contributed by atoms with Crippen molar-refractivity contribution in [3.05, 3.63) is 131 Å². The molecule has 2 aromatic carbocycles. The van der Waals surface area contributed by atoms with E-state index in [1.165, 1.54) is 22.5 Å². The fourth-order valence-corrected chi connectivity index (χ4v) is 8.82. The maximum Gasteiger partial charge on any atom is 0.162 e. The van der Waals surface area contributed by atoms with Gasteiger partial charge in [-0.15, -0.1) is 0 Å². The average molecular weight is 855 g/mol. The summed E-state index contributed by atoms with van der Waals surface area (Å²) in [6, 6.07) is 20.6. The van der Waals surface area contributed by atoms with Gasteiger partial charge >= 0.3 is 0 Å². The van der Waals surface area contributed by atoms with E-state index in [4.69, 9.17) is 28.9 Å². The van der Waals surface area contributed by atoms with E-state index in [-0.39, 0.29) is 12.1 Å². The summed E-state index contributed by atoms with van der Waals surface area (Å²) in [7, 11) is 6.48. The number of aromatic nitrogens is 8. The van der Waals surface area contributed by atoms with Crippen LogP contribution in [0.25, 0.3) is 44.1 Å². The molecule has 2 N–H and O–H groups in total. The van der Waals surface area contributed by atoms with Gasteiger partial charge in [0.1, 0.15) is 11.6 Å². The Labute approximate surface area is 371 Å². The minimum Gasteiger partial charge on any atom is -0.493 e. The highest BCUT2D eigenvalue weighted by Gasteiger charge is 2.24. The molecule has 6 aromatic heterocycles. The lowest BCUT2D eigenvalue weighted by atomic mass is 9.91. The van der Waals surface area contributed by atoms with E-state index >= 15 is 0 Å². The molecule has 0 saturated carbocycles. The van der Waals surface area contributed by atoms with Crippen molar-refractivity contribution in [2.45, 2.75) is 64.5 Å². The van der Waals surface area contributed by atoms with E-state index in [1.807, 2.05) is 61.2 Å². The summed E-state index contributed by atoms with van der Waals surface area (Å²) in [6.07, 6.45) is 17.5. The molecule has 64 heavy (non-hydrogen) atoms. The van der Waals surface area contributed by atoms with Gasteiger partial charge in [0.2, 0.25) is 0 Å². The first kappa shape index (κ1) is 41.9. The van der Waals surface area contributed by atoms with Gasteiger partial charge in [0.15, 0.2) is 23.0 Å². The standard InChI is InChI=1S/2C25H25N5O2/c2*1-15-10-16(19-14-28-30-22-12-24(32-3)23(31-2)11-18(19)22)13-27-25(15)29-21-8-4-7-20-17(21)6-5-9-26-20/h2*5-6,9-14,21H,4,7-8H2,1-3H3,(H,27,29)/t2*21-/m10/s1. The van der Waals surface area contributed by atoms with Crippen LogP contribution in [0.5, 0.6) is 23.0 Å². The molecule has 2 atom stereocenters. The van der Waals surface area contributed by atoms with Crippen LogP contribution < -0.4 is 29.6 Å². The third kappa shape index (κ3) is 8.38. The van der Waals surface area contributed by atoms with Crippen molar-refractivity contribution in [3.63, 3.8) is 0 Å². The largest absolute Gasteiger partial charge is 0.493 e. The van der Waals surface area contributed by atoms with E-state index in [2.05, 4.69) is 79.1 Å². The highest BCUT2D eigenvalue weighted by Crippen LogP contribution is 2.39. The van der Waals surface area contributed by atoms with E-state index in [1.54, 1.807) is 40.8 Å². The zero-order chi connectivity index (χ0) is 44.2. The summed E-state index contributed by atoms with van der Waals surface area (Å²) in [5, 5.41) is 26.1. The summed E-state index contributed by atoms with van der Waals surface area (Å²) in [5.74, 6) is 4.34. The number of fused-ring (bicyclic) bond motifs is 4. The normalized spacial score (nSPS) is 15.3. The Bertz CT molecular complexity index is 2780. The van der Waals surface area contributed by atoms with Crippen molar-refractivity contribution in [1.29, 1.82) is 0 Å². The lowest BCUT2D eigenvalue weighted by molar-refractivity contribution is 0.356. The molecule has 0 saturated heterocycles. The molecule has 0 spiro atoms. The zero-order valence-electron chi connectivity index (χ0n) is 36.8. The number of hydrogen-bond donors (Lipinski definition) is 2. The maximum atomic E-state index is 5.49. The first-order chi connectivity index (χ1) is 31.3. The molecule has 2 aliphatic carbocycles. The number of nitrogens with zero attached hydrogens (tertiary/aromatic N) is 8. The number of pyridine rings is 4. The quantitative estimate of drug-likeness (QED) is 0.134. The molecule has 0 amide bonds. The Morgan fingerprint density at radius 1 is 0.516 bits per heavy atom. The predicted octanol–water partition coefficient (Wildman–Crippen LogP) is 9.80. The molecule has 6 heterocycles. The molecule has 0 unspecified atom stereocenters. The van der Waals surface area contributed by atoms with E-state index < -0.39 is 0 Å². The van der Waals surface area contributed by atoms with Gasteiger partial charge in [-0.05, 0) is 111 Å². The highest BCUT2D eigenvalue weighted by atomic mass is 16.5. The smallest absolute Gasteiger partial charge is 0.162 e. The lowest BCUT2D eigenvalue weighted by Gasteiger charge is -2.26. The van der Waals surface area contributed by atoms with Gasteiger partial charge in [0.05, 0.1) is 63.9 Å². The first-order valence-corrected chi connectivity index (χ1v) is 21.4. The van der Waals surface area contributed by atoms with Gasteiger partial charge in [-0.3, -0.25) is 9.97 Å². The average Bonchev–Trinajstić information content (AvgIpc) is 3.34. The summed E-state index contributed by atoms with van der Waals surface area (Å²) < 4.78 is 21.8. The molecule has 10 rings (SSSR count). The summed E-state index contributed by atoms with van der Waals surface area (Å²) >= 11 is 0. The fourth-order valence-electron chi connectivity index (χ4n) is 8.82. The van der Waals surface area contributed by atoms with Crippen molar-refractivity contribution >= 4 is 33.4 Å². The van der Waals surface area contributed by atoms with Crippen LogP contribution in [0.1, 0.15) is 71.4 Å². The molecule has 8 aromatic rings. The second-order valence-electron chi connectivity index (χ2n) is 16.0.